The molecule has 0 aromatic heterocycles. The number of allylic oxidation sites excluding steroid dienone is 2. The third-order valence-corrected chi connectivity index (χ3v) is 3.15. The second-order valence-electron chi connectivity index (χ2n) is 3.97. The lowest BCUT2D eigenvalue weighted by atomic mass is 9.83. The van der Waals surface area contributed by atoms with Gasteiger partial charge in [-0.05, 0) is 37.0 Å². The molecule has 2 bridgehead atoms. The maximum absolute atomic E-state index is 2.49. The first-order valence-corrected chi connectivity index (χ1v) is 4.54. The molecule has 10 heavy (non-hydrogen) atoms. The van der Waals surface area contributed by atoms with E-state index in [1.165, 1.54) is 32.1 Å². The Bertz CT molecular complexity index is 157. The Balaban J connectivity index is 2.09. The fourth-order valence-corrected chi connectivity index (χ4v) is 2.66. The van der Waals surface area contributed by atoms with Crippen LogP contribution < -0.4 is 0 Å². The van der Waals surface area contributed by atoms with E-state index in [1.54, 1.807) is 0 Å². The molecule has 2 atom stereocenters. The molecule has 0 N–H and O–H groups in total. The summed E-state index contributed by atoms with van der Waals surface area (Å²) in [6.07, 6.45) is 12.1. The fraction of sp³-hybridized carbons (Fsp3) is 0.800. The minimum absolute atomic E-state index is 0.680. The van der Waals surface area contributed by atoms with Crippen LogP contribution in [0.25, 0.3) is 0 Å². The Kier molecular flexibility index (Phi) is 1.36. The highest BCUT2D eigenvalue weighted by atomic mass is 14.4. The lowest BCUT2D eigenvalue weighted by Gasteiger charge is -2.21. The van der Waals surface area contributed by atoms with Gasteiger partial charge in [-0.1, -0.05) is 25.5 Å². The normalized spacial score (nSPS) is 43.1. The van der Waals surface area contributed by atoms with Crippen LogP contribution in [-0.2, 0) is 0 Å². The predicted molar refractivity (Wildman–Crippen MR) is 43.8 cm³/mol. The van der Waals surface area contributed by atoms with E-state index in [9.17, 15) is 0 Å². The summed E-state index contributed by atoms with van der Waals surface area (Å²) in [6.45, 7) is 2.30. The summed E-state index contributed by atoms with van der Waals surface area (Å²) in [5, 5.41) is 0. The van der Waals surface area contributed by atoms with Crippen LogP contribution in [0.5, 0.6) is 0 Å². The van der Waals surface area contributed by atoms with Gasteiger partial charge in [-0.25, -0.2) is 0 Å². The van der Waals surface area contributed by atoms with Gasteiger partial charge in [-0.2, -0.15) is 0 Å². The minimum Gasteiger partial charge on any atom is -0.0848 e. The second kappa shape index (κ2) is 2.11. The topological polar surface area (TPSA) is 0 Å². The number of fused-ring (bicyclic) bond motifs is 2. The molecule has 0 aromatic rings. The molecule has 0 heterocycles. The van der Waals surface area contributed by atoms with Crippen LogP contribution in [0.1, 0.15) is 39.0 Å². The van der Waals surface area contributed by atoms with Crippen LogP contribution in [0, 0.1) is 11.3 Å². The molecule has 0 nitrogen and oxygen atoms in total. The molecule has 0 aliphatic heterocycles. The molecular weight excluding hydrogens is 120 g/mol. The molecule has 0 aromatic carbocycles. The van der Waals surface area contributed by atoms with Crippen molar-refractivity contribution in [3.63, 3.8) is 0 Å². The molecule has 2 aliphatic rings. The van der Waals surface area contributed by atoms with Gasteiger partial charge in [0.2, 0.25) is 0 Å². The van der Waals surface area contributed by atoms with Crippen molar-refractivity contribution in [2.45, 2.75) is 39.0 Å². The van der Waals surface area contributed by atoms with Gasteiger partial charge >= 0.3 is 0 Å². The molecule has 2 aliphatic carbocycles. The number of rotatable bonds is 2. The van der Waals surface area contributed by atoms with E-state index in [1.807, 2.05) is 0 Å². The average molecular weight is 136 g/mol. The van der Waals surface area contributed by atoms with E-state index in [0.717, 1.165) is 5.92 Å². The molecule has 0 radical (unpaired) electrons. The van der Waals surface area contributed by atoms with Crippen molar-refractivity contribution in [3.05, 3.63) is 12.2 Å². The highest BCUT2D eigenvalue weighted by Crippen LogP contribution is 2.51. The Morgan fingerprint density at radius 2 is 2.50 bits per heavy atom. The first kappa shape index (κ1) is 6.45. The molecular formula is C10H16. The van der Waals surface area contributed by atoms with Crippen LogP contribution in [0.4, 0.5) is 0 Å². The van der Waals surface area contributed by atoms with Crippen LogP contribution >= 0.6 is 0 Å². The van der Waals surface area contributed by atoms with Gasteiger partial charge in [0.1, 0.15) is 0 Å². The summed E-state index contributed by atoms with van der Waals surface area (Å²) in [5.74, 6) is 0.964. The summed E-state index contributed by atoms with van der Waals surface area (Å²) in [6, 6.07) is 0. The molecule has 56 valence electrons. The van der Waals surface area contributed by atoms with Gasteiger partial charge in [-0.3, -0.25) is 0 Å². The average Bonchev–Trinajstić information content (AvgIpc) is 2.46. The Labute approximate surface area is 63.3 Å². The Hall–Kier alpha value is -0.260. The predicted octanol–water partition coefficient (Wildman–Crippen LogP) is 3.14. The van der Waals surface area contributed by atoms with Crippen LogP contribution in [-0.4, -0.2) is 0 Å². The zero-order valence-electron chi connectivity index (χ0n) is 6.77. The van der Waals surface area contributed by atoms with Crippen molar-refractivity contribution < 1.29 is 0 Å². The standard InChI is InChI=1S/C10H16/c1-2-5-10-6-3-9(8-10)4-7-10/h3,6,9H,2,4-5,7-8H2,1H3. The minimum atomic E-state index is 0.680. The summed E-state index contributed by atoms with van der Waals surface area (Å²) < 4.78 is 0. The molecule has 2 rings (SSSR count). The Morgan fingerprint density at radius 1 is 1.60 bits per heavy atom. The molecule has 1 saturated carbocycles. The molecule has 0 spiro atoms. The maximum atomic E-state index is 2.49. The van der Waals surface area contributed by atoms with Crippen LogP contribution in [0.2, 0.25) is 0 Å². The number of hydrogen-bond acceptors (Lipinski definition) is 0. The van der Waals surface area contributed by atoms with Gasteiger partial charge in [0, 0.05) is 0 Å². The van der Waals surface area contributed by atoms with E-state index < -0.39 is 0 Å². The lowest BCUT2D eigenvalue weighted by Crippen LogP contribution is -2.09. The number of hydrogen-bond donors (Lipinski definition) is 0. The molecule has 0 saturated heterocycles. The SMILES string of the molecule is CCCC12C=CC(CC1)C2. The largest absolute Gasteiger partial charge is 0.0848 e. The van der Waals surface area contributed by atoms with E-state index in [4.69, 9.17) is 0 Å². The van der Waals surface area contributed by atoms with Crippen molar-refractivity contribution in [1.29, 1.82) is 0 Å². The summed E-state index contributed by atoms with van der Waals surface area (Å²) in [7, 11) is 0. The monoisotopic (exact) mass is 136 g/mol. The van der Waals surface area contributed by atoms with Crippen LogP contribution in [0.15, 0.2) is 12.2 Å². The van der Waals surface area contributed by atoms with Gasteiger partial charge in [0.15, 0.2) is 0 Å². The smallest absolute Gasteiger partial charge is 0.0112 e. The zero-order valence-corrected chi connectivity index (χ0v) is 6.77. The third kappa shape index (κ3) is 0.817. The quantitative estimate of drug-likeness (QED) is 0.511. The van der Waals surface area contributed by atoms with E-state index in [2.05, 4.69) is 19.1 Å². The molecule has 2 unspecified atom stereocenters. The van der Waals surface area contributed by atoms with Gasteiger partial charge in [0.05, 0.1) is 0 Å². The van der Waals surface area contributed by atoms with Crippen molar-refractivity contribution in [1.82, 2.24) is 0 Å². The van der Waals surface area contributed by atoms with Gasteiger partial charge in [-0.15, -0.1) is 0 Å². The van der Waals surface area contributed by atoms with Crippen molar-refractivity contribution in [3.8, 4) is 0 Å². The fourth-order valence-electron chi connectivity index (χ4n) is 2.66. The highest BCUT2D eigenvalue weighted by molar-refractivity contribution is 5.15. The van der Waals surface area contributed by atoms with Crippen molar-refractivity contribution >= 4 is 0 Å². The van der Waals surface area contributed by atoms with Crippen molar-refractivity contribution in [2.24, 2.45) is 11.3 Å². The Morgan fingerprint density at radius 3 is 2.90 bits per heavy atom. The summed E-state index contributed by atoms with van der Waals surface area (Å²) in [4.78, 5) is 0. The molecule has 0 amide bonds. The summed E-state index contributed by atoms with van der Waals surface area (Å²) in [5.41, 5.74) is 0.680. The van der Waals surface area contributed by atoms with Gasteiger partial charge < -0.3 is 0 Å². The summed E-state index contributed by atoms with van der Waals surface area (Å²) >= 11 is 0. The highest BCUT2D eigenvalue weighted by Gasteiger charge is 2.39. The van der Waals surface area contributed by atoms with E-state index in [-0.39, 0.29) is 0 Å². The van der Waals surface area contributed by atoms with E-state index in [0.29, 0.717) is 5.41 Å². The van der Waals surface area contributed by atoms with Crippen LogP contribution in [0.3, 0.4) is 0 Å². The van der Waals surface area contributed by atoms with E-state index >= 15 is 0 Å². The maximum Gasteiger partial charge on any atom is -0.0112 e. The second-order valence-corrected chi connectivity index (χ2v) is 3.97. The molecule has 0 heteroatoms. The lowest BCUT2D eigenvalue weighted by molar-refractivity contribution is 0.366. The van der Waals surface area contributed by atoms with Gasteiger partial charge in [0.25, 0.3) is 0 Å². The first-order valence-electron chi connectivity index (χ1n) is 4.54. The first-order chi connectivity index (χ1) is 4.85. The van der Waals surface area contributed by atoms with Crippen molar-refractivity contribution in [2.75, 3.05) is 0 Å². The third-order valence-electron chi connectivity index (χ3n) is 3.15. The molecule has 1 fully saturated rings. The zero-order chi connectivity index (χ0) is 7.03.